The molecule has 1 saturated heterocycles. The van der Waals surface area contributed by atoms with Gasteiger partial charge >= 0.3 is 0 Å². The first-order valence-electron chi connectivity index (χ1n) is 4.16. The number of anilines is 1. The number of aryl methyl sites for hydroxylation is 1. The fraction of sp³-hybridized carbons (Fsp3) is 0.625. The summed E-state index contributed by atoms with van der Waals surface area (Å²) < 4.78 is 1.97. The van der Waals surface area contributed by atoms with Crippen LogP contribution in [-0.4, -0.2) is 21.3 Å². The molecule has 2 heterocycles. The van der Waals surface area contributed by atoms with Crippen molar-refractivity contribution in [2.75, 3.05) is 17.2 Å². The van der Waals surface area contributed by atoms with Gasteiger partial charge in [-0.15, -0.1) is 0 Å². The minimum absolute atomic E-state index is 0.531. The van der Waals surface area contributed by atoms with Crippen molar-refractivity contribution in [2.24, 2.45) is 0 Å². The Morgan fingerprint density at radius 2 is 2.58 bits per heavy atom. The maximum Gasteiger partial charge on any atom is 0.124 e. The molecule has 0 amide bonds. The molecule has 0 radical (unpaired) electrons. The summed E-state index contributed by atoms with van der Waals surface area (Å²) in [4.78, 5) is 0. The van der Waals surface area contributed by atoms with Gasteiger partial charge in [0.2, 0.25) is 0 Å². The predicted molar refractivity (Wildman–Crippen MR) is 52.4 cm³/mol. The molecule has 1 aromatic rings. The normalized spacial score (nSPS) is 23.2. The molecule has 2 rings (SSSR count). The van der Waals surface area contributed by atoms with E-state index in [4.69, 9.17) is 5.73 Å². The van der Waals surface area contributed by atoms with Crippen LogP contribution in [0.5, 0.6) is 0 Å². The average Bonchev–Trinajstić information content (AvgIpc) is 2.64. The zero-order valence-electron chi connectivity index (χ0n) is 7.16. The van der Waals surface area contributed by atoms with Crippen LogP contribution in [0.4, 0.5) is 5.82 Å². The van der Waals surface area contributed by atoms with E-state index in [-0.39, 0.29) is 0 Å². The molecule has 0 aliphatic carbocycles. The first-order valence-corrected chi connectivity index (χ1v) is 5.32. The summed E-state index contributed by atoms with van der Waals surface area (Å²) in [5.74, 6) is 3.23. The molecule has 0 spiro atoms. The summed E-state index contributed by atoms with van der Waals surface area (Å²) in [7, 11) is 0. The predicted octanol–water partition coefficient (Wildman–Crippen LogP) is 1.45. The number of nitrogen functional groups attached to an aromatic ring is 1. The minimum Gasteiger partial charge on any atom is -0.384 e. The summed E-state index contributed by atoms with van der Waals surface area (Å²) in [6.07, 6.45) is 3.05. The van der Waals surface area contributed by atoms with E-state index in [1.165, 1.54) is 12.2 Å². The zero-order chi connectivity index (χ0) is 8.55. The molecule has 3 nitrogen and oxygen atoms in total. The van der Waals surface area contributed by atoms with Crippen LogP contribution in [0.25, 0.3) is 0 Å². The quantitative estimate of drug-likeness (QED) is 0.716. The Balaban J connectivity index is 2.26. The molecular formula is C8H13N3S. The fourth-order valence-corrected chi connectivity index (χ4v) is 2.65. The van der Waals surface area contributed by atoms with E-state index in [9.17, 15) is 0 Å². The number of hydrogen-bond acceptors (Lipinski definition) is 3. The van der Waals surface area contributed by atoms with Crippen molar-refractivity contribution in [1.82, 2.24) is 9.78 Å². The smallest absolute Gasteiger partial charge is 0.124 e. The van der Waals surface area contributed by atoms with Gasteiger partial charge in [-0.1, -0.05) is 0 Å². The van der Waals surface area contributed by atoms with E-state index in [1.807, 2.05) is 29.6 Å². The lowest BCUT2D eigenvalue weighted by molar-refractivity contribution is 0.509. The molecule has 1 atom stereocenters. The van der Waals surface area contributed by atoms with Crippen LogP contribution in [0.3, 0.4) is 0 Å². The first kappa shape index (κ1) is 7.98. The molecule has 12 heavy (non-hydrogen) atoms. The highest BCUT2D eigenvalue weighted by molar-refractivity contribution is 7.99. The summed E-state index contributed by atoms with van der Waals surface area (Å²) in [6, 6.07) is 0.531. The second-order valence-corrected chi connectivity index (χ2v) is 4.32. The number of thioether (sulfide) groups is 1. The van der Waals surface area contributed by atoms with Crippen molar-refractivity contribution < 1.29 is 0 Å². The van der Waals surface area contributed by atoms with Crippen LogP contribution >= 0.6 is 11.8 Å². The lowest BCUT2D eigenvalue weighted by Gasteiger charge is -2.10. The standard InChI is InChI=1S/C8H13N3S/c1-6-4-10-11(8(6)9)7-2-3-12-5-7/h4,7H,2-3,5,9H2,1H3. The van der Waals surface area contributed by atoms with Crippen molar-refractivity contribution in [3.8, 4) is 0 Å². The Hall–Kier alpha value is -0.640. The lowest BCUT2D eigenvalue weighted by Crippen LogP contribution is -2.12. The molecule has 2 N–H and O–H groups in total. The lowest BCUT2D eigenvalue weighted by atomic mass is 10.2. The van der Waals surface area contributed by atoms with Gasteiger partial charge in [0.1, 0.15) is 5.82 Å². The topological polar surface area (TPSA) is 43.8 Å². The second kappa shape index (κ2) is 3.01. The summed E-state index contributed by atoms with van der Waals surface area (Å²) >= 11 is 1.98. The summed E-state index contributed by atoms with van der Waals surface area (Å²) in [5, 5.41) is 4.28. The van der Waals surface area contributed by atoms with E-state index >= 15 is 0 Å². The molecule has 1 aromatic heterocycles. The molecule has 4 heteroatoms. The first-order chi connectivity index (χ1) is 5.79. The van der Waals surface area contributed by atoms with Gasteiger partial charge in [0.05, 0.1) is 12.2 Å². The van der Waals surface area contributed by atoms with Crippen LogP contribution in [0.2, 0.25) is 0 Å². The number of nitrogens with zero attached hydrogens (tertiary/aromatic N) is 2. The minimum atomic E-state index is 0.531. The van der Waals surface area contributed by atoms with E-state index in [0.29, 0.717) is 6.04 Å². The summed E-state index contributed by atoms with van der Waals surface area (Å²) in [6.45, 7) is 2.00. The second-order valence-electron chi connectivity index (χ2n) is 3.17. The van der Waals surface area contributed by atoms with Gasteiger partial charge in [0.15, 0.2) is 0 Å². The number of rotatable bonds is 1. The van der Waals surface area contributed by atoms with E-state index < -0.39 is 0 Å². The van der Waals surface area contributed by atoms with Gasteiger partial charge in [0.25, 0.3) is 0 Å². The van der Waals surface area contributed by atoms with Crippen LogP contribution < -0.4 is 5.73 Å². The molecular weight excluding hydrogens is 170 g/mol. The Morgan fingerprint density at radius 1 is 1.75 bits per heavy atom. The molecule has 66 valence electrons. The third kappa shape index (κ3) is 1.20. The highest BCUT2D eigenvalue weighted by Gasteiger charge is 2.20. The monoisotopic (exact) mass is 183 g/mol. The SMILES string of the molecule is Cc1cnn(C2CCSC2)c1N. The number of aromatic nitrogens is 2. The zero-order valence-corrected chi connectivity index (χ0v) is 7.97. The Bertz CT molecular complexity index is 276. The molecule has 1 fully saturated rings. The summed E-state index contributed by atoms with van der Waals surface area (Å²) in [5.41, 5.74) is 6.96. The molecule has 0 bridgehead atoms. The van der Waals surface area contributed by atoms with Crippen molar-refractivity contribution in [1.29, 1.82) is 0 Å². The van der Waals surface area contributed by atoms with Crippen LogP contribution in [0.15, 0.2) is 6.20 Å². The molecule has 0 saturated carbocycles. The highest BCUT2D eigenvalue weighted by atomic mass is 32.2. The Morgan fingerprint density at radius 3 is 3.08 bits per heavy atom. The third-order valence-electron chi connectivity index (χ3n) is 2.28. The molecule has 1 unspecified atom stereocenters. The van der Waals surface area contributed by atoms with E-state index in [0.717, 1.165) is 17.1 Å². The van der Waals surface area contributed by atoms with Crippen LogP contribution in [0.1, 0.15) is 18.0 Å². The van der Waals surface area contributed by atoms with E-state index in [2.05, 4.69) is 5.10 Å². The van der Waals surface area contributed by atoms with Crippen molar-refractivity contribution in [3.05, 3.63) is 11.8 Å². The fourth-order valence-electron chi connectivity index (χ4n) is 1.46. The van der Waals surface area contributed by atoms with Gasteiger partial charge in [0, 0.05) is 11.3 Å². The third-order valence-corrected chi connectivity index (χ3v) is 3.42. The average molecular weight is 183 g/mol. The highest BCUT2D eigenvalue weighted by Crippen LogP contribution is 2.29. The number of hydrogen-bond donors (Lipinski definition) is 1. The van der Waals surface area contributed by atoms with Crippen LogP contribution in [-0.2, 0) is 0 Å². The largest absolute Gasteiger partial charge is 0.384 e. The molecule has 1 aliphatic heterocycles. The van der Waals surface area contributed by atoms with Crippen molar-refractivity contribution >= 4 is 17.6 Å². The Kier molecular flexibility index (Phi) is 2.00. The molecule has 0 aromatic carbocycles. The van der Waals surface area contributed by atoms with Gasteiger partial charge in [-0.3, -0.25) is 0 Å². The number of nitrogens with two attached hydrogens (primary N) is 1. The maximum absolute atomic E-state index is 5.87. The van der Waals surface area contributed by atoms with Gasteiger partial charge in [-0.05, 0) is 19.1 Å². The maximum atomic E-state index is 5.87. The van der Waals surface area contributed by atoms with Crippen LogP contribution in [0, 0.1) is 6.92 Å². The molecule has 1 aliphatic rings. The Labute approximate surface area is 76.3 Å². The van der Waals surface area contributed by atoms with E-state index in [1.54, 1.807) is 0 Å². The van der Waals surface area contributed by atoms with Gasteiger partial charge in [-0.2, -0.15) is 16.9 Å². The van der Waals surface area contributed by atoms with Gasteiger partial charge < -0.3 is 5.73 Å². The van der Waals surface area contributed by atoms with Gasteiger partial charge in [-0.25, -0.2) is 4.68 Å². The van der Waals surface area contributed by atoms with Crippen molar-refractivity contribution in [2.45, 2.75) is 19.4 Å². The van der Waals surface area contributed by atoms with Crippen molar-refractivity contribution in [3.63, 3.8) is 0 Å².